The minimum absolute atomic E-state index is 0.753. The molecule has 1 saturated heterocycles. The number of hydrogen-bond donors (Lipinski definition) is 1. The van der Waals surface area contributed by atoms with E-state index in [1.54, 1.807) is 7.11 Å². The van der Waals surface area contributed by atoms with E-state index in [2.05, 4.69) is 39.8 Å². The molecule has 0 unspecified atom stereocenters. The standard InChI is InChI=1S/C18H23N3O/c1-22-18-6-2-14(3-7-18)12-16-4-5-17(21-20-16)13-15-8-10-19-11-9-15/h2-7,15,19H,8-13H2,1H3. The van der Waals surface area contributed by atoms with Crippen LogP contribution in [0.25, 0.3) is 0 Å². The summed E-state index contributed by atoms with van der Waals surface area (Å²) in [5.41, 5.74) is 3.35. The largest absolute Gasteiger partial charge is 0.497 e. The van der Waals surface area contributed by atoms with Gasteiger partial charge in [0.05, 0.1) is 18.5 Å². The molecule has 1 aliphatic heterocycles. The van der Waals surface area contributed by atoms with Gasteiger partial charge < -0.3 is 10.1 Å². The van der Waals surface area contributed by atoms with Crippen LogP contribution in [0.1, 0.15) is 29.8 Å². The fraction of sp³-hybridized carbons (Fsp3) is 0.444. The molecule has 0 amide bonds. The number of benzene rings is 1. The first-order valence-electron chi connectivity index (χ1n) is 7.98. The third-order valence-corrected chi connectivity index (χ3v) is 4.28. The number of piperidine rings is 1. The molecule has 0 radical (unpaired) electrons. The average Bonchev–Trinajstić information content (AvgIpc) is 2.58. The number of rotatable bonds is 5. The Morgan fingerprint density at radius 1 is 1.00 bits per heavy atom. The number of hydrogen-bond acceptors (Lipinski definition) is 4. The predicted molar refractivity (Wildman–Crippen MR) is 87.1 cm³/mol. The summed E-state index contributed by atoms with van der Waals surface area (Å²) in [4.78, 5) is 0. The van der Waals surface area contributed by atoms with Crippen LogP contribution in [0.4, 0.5) is 0 Å². The van der Waals surface area contributed by atoms with Gasteiger partial charge in [-0.3, -0.25) is 0 Å². The maximum atomic E-state index is 5.17. The van der Waals surface area contributed by atoms with Crippen molar-refractivity contribution in [1.29, 1.82) is 0 Å². The second kappa shape index (κ2) is 7.36. The zero-order valence-electron chi connectivity index (χ0n) is 13.1. The zero-order chi connectivity index (χ0) is 15.2. The van der Waals surface area contributed by atoms with E-state index in [4.69, 9.17) is 4.74 Å². The quantitative estimate of drug-likeness (QED) is 0.921. The maximum Gasteiger partial charge on any atom is 0.118 e. The summed E-state index contributed by atoms with van der Waals surface area (Å²) in [5.74, 6) is 1.63. The van der Waals surface area contributed by atoms with E-state index >= 15 is 0 Å². The van der Waals surface area contributed by atoms with Crippen molar-refractivity contribution < 1.29 is 4.74 Å². The molecule has 4 nitrogen and oxygen atoms in total. The van der Waals surface area contributed by atoms with Crippen LogP contribution in [0, 0.1) is 5.92 Å². The Morgan fingerprint density at radius 2 is 1.68 bits per heavy atom. The Bertz CT molecular complexity index is 574. The molecule has 116 valence electrons. The lowest BCUT2D eigenvalue weighted by Crippen LogP contribution is -2.28. The van der Waals surface area contributed by atoms with Crippen LogP contribution in [0.15, 0.2) is 36.4 Å². The van der Waals surface area contributed by atoms with Gasteiger partial charge in [-0.2, -0.15) is 10.2 Å². The van der Waals surface area contributed by atoms with E-state index in [-0.39, 0.29) is 0 Å². The summed E-state index contributed by atoms with van der Waals surface area (Å²) >= 11 is 0. The van der Waals surface area contributed by atoms with Crippen molar-refractivity contribution in [3.63, 3.8) is 0 Å². The van der Waals surface area contributed by atoms with E-state index in [1.807, 2.05) is 12.1 Å². The molecule has 22 heavy (non-hydrogen) atoms. The van der Waals surface area contributed by atoms with Crippen LogP contribution in [0.3, 0.4) is 0 Å². The van der Waals surface area contributed by atoms with Gasteiger partial charge in [0.15, 0.2) is 0 Å². The Labute approximate surface area is 131 Å². The third kappa shape index (κ3) is 4.04. The third-order valence-electron chi connectivity index (χ3n) is 4.28. The lowest BCUT2D eigenvalue weighted by molar-refractivity contribution is 0.369. The molecule has 1 N–H and O–H groups in total. The Morgan fingerprint density at radius 3 is 2.32 bits per heavy atom. The molecule has 4 heteroatoms. The monoisotopic (exact) mass is 297 g/mol. The van der Waals surface area contributed by atoms with E-state index in [0.717, 1.165) is 49.0 Å². The fourth-order valence-corrected chi connectivity index (χ4v) is 2.92. The second-order valence-corrected chi connectivity index (χ2v) is 5.94. The van der Waals surface area contributed by atoms with E-state index < -0.39 is 0 Å². The van der Waals surface area contributed by atoms with Crippen LogP contribution in [0.2, 0.25) is 0 Å². The molecule has 1 aromatic heterocycles. The van der Waals surface area contributed by atoms with Crippen LogP contribution in [-0.2, 0) is 12.8 Å². The second-order valence-electron chi connectivity index (χ2n) is 5.94. The number of nitrogens with zero attached hydrogens (tertiary/aromatic N) is 2. The van der Waals surface area contributed by atoms with Crippen LogP contribution in [-0.4, -0.2) is 30.4 Å². The molecule has 1 aliphatic rings. The van der Waals surface area contributed by atoms with Gasteiger partial charge in [0.2, 0.25) is 0 Å². The van der Waals surface area contributed by atoms with Crippen molar-refractivity contribution in [3.05, 3.63) is 53.3 Å². The highest BCUT2D eigenvalue weighted by Crippen LogP contribution is 2.17. The van der Waals surface area contributed by atoms with Gasteiger partial charge in [-0.25, -0.2) is 0 Å². The van der Waals surface area contributed by atoms with Crippen molar-refractivity contribution in [2.75, 3.05) is 20.2 Å². The molecule has 0 saturated carbocycles. The highest BCUT2D eigenvalue weighted by molar-refractivity contribution is 5.29. The number of aromatic nitrogens is 2. The van der Waals surface area contributed by atoms with Crippen molar-refractivity contribution in [2.24, 2.45) is 5.92 Å². The highest BCUT2D eigenvalue weighted by Gasteiger charge is 2.14. The van der Waals surface area contributed by atoms with E-state index in [0.29, 0.717) is 0 Å². The number of nitrogens with one attached hydrogen (secondary N) is 1. The average molecular weight is 297 g/mol. The summed E-state index contributed by atoms with van der Waals surface area (Å²) in [6.45, 7) is 2.27. The number of ether oxygens (including phenoxy) is 1. The van der Waals surface area contributed by atoms with Gasteiger partial charge in [0.1, 0.15) is 5.75 Å². The first-order chi connectivity index (χ1) is 10.8. The SMILES string of the molecule is COc1ccc(Cc2ccc(CC3CCNCC3)nn2)cc1. The number of methoxy groups -OCH3 is 1. The minimum atomic E-state index is 0.753. The molecule has 2 heterocycles. The lowest BCUT2D eigenvalue weighted by Gasteiger charge is -2.21. The van der Waals surface area contributed by atoms with Gasteiger partial charge in [0.25, 0.3) is 0 Å². The first kappa shape index (κ1) is 15.0. The summed E-state index contributed by atoms with van der Waals surface area (Å²) in [5, 5.41) is 12.2. The molecule has 0 aliphatic carbocycles. The van der Waals surface area contributed by atoms with Crippen LogP contribution in [0.5, 0.6) is 5.75 Å². The normalized spacial score (nSPS) is 15.7. The van der Waals surface area contributed by atoms with E-state index in [1.165, 1.54) is 18.4 Å². The molecule has 1 aromatic carbocycles. The molecule has 0 spiro atoms. The Balaban J connectivity index is 1.58. The summed E-state index contributed by atoms with van der Waals surface area (Å²) < 4.78 is 5.17. The molecule has 0 atom stereocenters. The smallest absolute Gasteiger partial charge is 0.118 e. The lowest BCUT2D eigenvalue weighted by atomic mass is 9.93. The van der Waals surface area contributed by atoms with Gasteiger partial charge >= 0.3 is 0 Å². The molecular weight excluding hydrogens is 274 g/mol. The van der Waals surface area contributed by atoms with Gasteiger partial charge in [0, 0.05) is 6.42 Å². The van der Waals surface area contributed by atoms with Crippen LogP contribution >= 0.6 is 0 Å². The Kier molecular flexibility index (Phi) is 5.01. The molecule has 2 aromatic rings. The summed E-state index contributed by atoms with van der Waals surface area (Å²) in [7, 11) is 1.68. The highest BCUT2D eigenvalue weighted by atomic mass is 16.5. The minimum Gasteiger partial charge on any atom is -0.497 e. The van der Waals surface area contributed by atoms with Crippen molar-refractivity contribution in [2.45, 2.75) is 25.7 Å². The maximum absolute atomic E-state index is 5.17. The fourth-order valence-electron chi connectivity index (χ4n) is 2.92. The summed E-state index contributed by atoms with van der Waals surface area (Å²) in [6.07, 6.45) is 4.35. The van der Waals surface area contributed by atoms with Crippen molar-refractivity contribution >= 4 is 0 Å². The topological polar surface area (TPSA) is 47.0 Å². The molecule has 3 rings (SSSR count). The van der Waals surface area contributed by atoms with Gasteiger partial charge in [-0.1, -0.05) is 12.1 Å². The molecule has 1 fully saturated rings. The molecular formula is C18H23N3O. The van der Waals surface area contributed by atoms with Crippen molar-refractivity contribution in [1.82, 2.24) is 15.5 Å². The van der Waals surface area contributed by atoms with Gasteiger partial charge in [-0.15, -0.1) is 0 Å². The van der Waals surface area contributed by atoms with E-state index in [9.17, 15) is 0 Å². The zero-order valence-corrected chi connectivity index (χ0v) is 13.1. The predicted octanol–water partition coefficient (Wildman–Crippen LogP) is 2.62. The Hall–Kier alpha value is -1.94. The summed E-state index contributed by atoms with van der Waals surface area (Å²) in [6, 6.07) is 12.3. The van der Waals surface area contributed by atoms with Crippen molar-refractivity contribution in [3.8, 4) is 5.75 Å². The van der Waals surface area contributed by atoms with Crippen LogP contribution < -0.4 is 10.1 Å². The first-order valence-corrected chi connectivity index (χ1v) is 7.98. The van der Waals surface area contributed by atoms with Gasteiger partial charge in [-0.05, 0) is 68.1 Å². The molecule has 0 bridgehead atoms.